The molecule has 0 saturated carbocycles. The molecular weight excluding hydrogens is 408 g/mol. The second kappa shape index (κ2) is 9.88. The SMILES string of the molecule is COC(=O)/C=C/C=C/C1SC[C@H]2[C@@H]1N(Cc1ccccc1)C(=O)N2Cc1ccccc1. The van der Waals surface area contributed by atoms with Gasteiger partial charge in [0.25, 0.3) is 0 Å². The van der Waals surface area contributed by atoms with Crippen molar-refractivity contribution >= 4 is 23.8 Å². The number of fused-ring (bicyclic) bond motifs is 1. The second-order valence-corrected chi connectivity index (χ2v) is 8.84. The average Bonchev–Trinajstić information content (AvgIpc) is 3.32. The van der Waals surface area contributed by atoms with Crippen LogP contribution in [-0.4, -0.2) is 52.0 Å². The molecule has 6 heteroatoms. The molecule has 5 nitrogen and oxygen atoms in total. The first-order valence-corrected chi connectivity index (χ1v) is 11.4. The van der Waals surface area contributed by atoms with Gasteiger partial charge in [0.2, 0.25) is 0 Å². The molecule has 2 fully saturated rings. The van der Waals surface area contributed by atoms with Gasteiger partial charge in [0, 0.05) is 30.2 Å². The van der Waals surface area contributed by atoms with E-state index >= 15 is 0 Å². The van der Waals surface area contributed by atoms with Crippen LogP contribution in [0.4, 0.5) is 4.79 Å². The van der Waals surface area contributed by atoms with Gasteiger partial charge < -0.3 is 14.5 Å². The summed E-state index contributed by atoms with van der Waals surface area (Å²) in [6, 6.07) is 20.6. The molecular formula is C25H26N2O3S. The molecule has 2 aromatic rings. The van der Waals surface area contributed by atoms with Crippen molar-refractivity contribution in [3.05, 3.63) is 96.1 Å². The Kier molecular flexibility index (Phi) is 6.77. The lowest BCUT2D eigenvalue weighted by Gasteiger charge is -2.25. The third-order valence-corrected chi connectivity index (χ3v) is 7.03. The van der Waals surface area contributed by atoms with Gasteiger partial charge in [-0.2, -0.15) is 0 Å². The number of ether oxygens (including phenoxy) is 1. The summed E-state index contributed by atoms with van der Waals surface area (Å²) in [6.45, 7) is 1.21. The maximum Gasteiger partial charge on any atom is 0.330 e. The number of urea groups is 1. The van der Waals surface area contributed by atoms with Gasteiger partial charge in [0.1, 0.15) is 0 Å². The van der Waals surface area contributed by atoms with Gasteiger partial charge in [-0.15, -0.1) is 11.8 Å². The molecule has 2 saturated heterocycles. The Balaban J connectivity index is 1.57. The Morgan fingerprint density at radius 2 is 1.61 bits per heavy atom. The van der Waals surface area contributed by atoms with Crippen LogP contribution in [0.5, 0.6) is 0 Å². The topological polar surface area (TPSA) is 49.9 Å². The lowest BCUT2D eigenvalue weighted by molar-refractivity contribution is -0.134. The number of benzene rings is 2. The average molecular weight is 435 g/mol. The Hall–Kier alpha value is -2.99. The summed E-state index contributed by atoms with van der Waals surface area (Å²) < 4.78 is 4.64. The highest BCUT2D eigenvalue weighted by molar-refractivity contribution is 8.00. The molecule has 1 unspecified atom stereocenters. The van der Waals surface area contributed by atoms with E-state index in [1.54, 1.807) is 6.08 Å². The van der Waals surface area contributed by atoms with Crippen LogP contribution in [0.2, 0.25) is 0 Å². The minimum atomic E-state index is -0.377. The number of methoxy groups -OCH3 is 1. The van der Waals surface area contributed by atoms with E-state index in [2.05, 4.69) is 35.1 Å². The van der Waals surface area contributed by atoms with Crippen molar-refractivity contribution in [2.75, 3.05) is 12.9 Å². The van der Waals surface area contributed by atoms with Gasteiger partial charge in [-0.1, -0.05) is 78.9 Å². The van der Waals surface area contributed by atoms with E-state index in [0.29, 0.717) is 13.1 Å². The third kappa shape index (κ3) is 4.85. The summed E-state index contributed by atoms with van der Waals surface area (Å²) in [4.78, 5) is 28.8. The van der Waals surface area contributed by atoms with E-state index in [1.165, 1.54) is 13.2 Å². The predicted octanol–water partition coefficient (Wildman–Crippen LogP) is 4.26. The summed E-state index contributed by atoms with van der Waals surface area (Å²) in [5, 5.41) is 0.167. The minimum Gasteiger partial charge on any atom is -0.466 e. The van der Waals surface area contributed by atoms with Crippen LogP contribution in [0.3, 0.4) is 0 Å². The summed E-state index contributed by atoms with van der Waals surface area (Å²) in [6.07, 6.45) is 7.06. The molecule has 0 aliphatic carbocycles. The second-order valence-electron chi connectivity index (χ2n) is 7.63. The number of rotatable bonds is 7. The molecule has 2 amide bonds. The van der Waals surface area contributed by atoms with Crippen LogP contribution >= 0.6 is 11.8 Å². The zero-order chi connectivity index (χ0) is 21.6. The molecule has 2 aliphatic heterocycles. The molecule has 0 aromatic heterocycles. The van der Waals surface area contributed by atoms with Gasteiger partial charge in [-0.25, -0.2) is 9.59 Å². The van der Waals surface area contributed by atoms with E-state index in [-0.39, 0.29) is 29.3 Å². The number of esters is 1. The molecule has 2 aliphatic rings. The summed E-state index contributed by atoms with van der Waals surface area (Å²) in [5.74, 6) is 0.516. The van der Waals surface area contributed by atoms with Gasteiger partial charge in [0.05, 0.1) is 19.2 Å². The molecule has 3 atom stereocenters. The van der Waals surface area contributed by atoms with Gasteiger partial charge >= 0.3 is 12.0 Å². The Morgan fingerprint density at radius 1 is 1.00 bits per heavy atom. The van der Waals surface area contributed by atoms with E-state index in [0.717, 1.165) is 16.9 Å². The number of nitrogens with zero attached hydrogens (tertiary/aromatic N) is 2. The number of carbonyl (C=O) groups is 2. The van der Waals surface area contributed by atoms with Crippen molar-refractivity contribution < 1.29 is 14.3 Å². The molecule has 0 spiro atoms. The van der Waals surface area contributed by atoms with E-state index in [1.807, 2.05) is 64.0 Å². The van der Waals surface area contributed by atoms with E-state index in [4.69, 9.17) is 0 Å². The summed E-state index contributed by atoms with van der Waals surface area (Å²) in [5.41, 5.74) is 2.27. The highest BCUT2D eigenvalue weighted by Gasteiger charge is 2.52. The Bertz CT molecular complexity index is 961. The van der Waals surface area contributed by atoms with Gasteiger partial charge in [0.15, 0.2) is 0 Å². The molecule has 0 N–H and O–H groups in total. The van der Waals surface area contributed by atoms with E-state index < -0.39 is 0 Å². The highest BCUT2D eigenvalue weighted by Crippen LogP contribution is 2.41. The number of hydrogen-bond donors (Lipinski definition) is 0. The van der Waals surface area contributed by atoms with Crippen LogP contribution in [-0.2, 0) is 22.6 Å². The number of hydrogen-bond acceptors (Lipinski definition) is 4. The molecule has 31 heavy (non-hydrogen) atoms. The summed E-state index contributed by atoms with van der Waals surface area (Å²) in [7, 11) is 1.36. The van der Waals surface area contributed by atoms with Crippen LogP contribution in [0, 0.1) is 0 Å². The van der Waals surface area contributed by atoms with Crippen molar-refractivity contribution in [3.8, 4) is 0 Å². The highest BCUT2D eigenvalue weighted by atomic mass is 32.2. The lowest BCUT2D eigenvalue weighted by Crippen LogP contribution is -2.39. The van der Waals surface area contributed by atoms with Crippen molar-refractivity contribution in [2.45, 2.75) is 30.4 Å². The number of amides is 2. The fourth-order valence-electron chi connectivity index (χ4n) is 4.18. The maximum atomic E-state index is 13.5. The van der Waals surface area contributed by atoms with Crippen LogP contribution in [0.15, 0.2) is 85.0 Å². The van der Waals surface area contributed by atoms with Crippen LogP contribution < -0.4 is 0 Å². The van der Waals surface area contributed by atoms with Gasteiger partial charge in [-0.3, -0.25) is 0 Å². The maximum absolute atomic E-state index is 13.5. The standard InChI is InChI=1S/C25H26N2O3S/c1-30-23(28)15-9-8-14-22-24-21(18-31-22)26(16-19-10-4-2-5-11-19)25(29)27(24)17-20-12-6-3-7-13-20/h2-15,21-22,24H,16-18H2,1H3/b14-8+,15-9+/t21-,22?,24-/m0/s1. The first kappa shape index (κ1) is 21.2. The monoisotopic (exact) mass is 434 g/mol. The van der Waals surface area contributed by atoms with Crippen molar-refractivity contribution in [1.82, 2.24) is 9.80 Å². The zero-order valence-electron chi connectivity index (χ0n) is 17.5. The molecule has 2 aromatic carbocycles. The minimum absolute atomic E-state index is 0.0872. The lowest BCUT2D eigenvalue weighted by atomic mass is 10.0. The van der Waals surface area contributed by atoms with Crippen molar-refractivity contribution in [3.63, 3.8) is 0 Å². The fourth-order valence-corrected chi connectivity index (χ4v) is 5.71. The van der Waals surface area contributed by atoms with E-state index in [9.17, 15) is 9.59 Å². The molecule has 0 radical (unpaired) electrons. The Morgan fingerprint density at radius 3 is 2.23 bits per heavy atom. The first-order valence-electron chi connectivity index (χ1n) is 10.4. The van der Waals surface area contributed by atoms with Crippen LogP contribution in [0.1, 0.15) is 11.1 Å². The largest absolute Gasteiger partial charge is 0.466 e. The molecule has 4 rings (SSSR count). The third-order valence-electron chi connectivity index (χ3n) is 5.68. The van der Waals surface area contributed by atoms with Crippen molar-refractivity contribution in [2.24, 2.45) is 0 Å². The Labute approximate surface area is 187 Å². The van der Waals surface area contributed by atoms with Gasteiger partial charge in [-0.05, 0) is 11.1 Å². The van der Waals surface area contributed by atoms with Crippen LogP contribution in [0.25, 0.3) is 0 Å². The number of thioether (sulfide) groups is 1. The normalized spacial score (nSPS) is 23.1. The quantitative estimate of drug-likeness (QED) is 0.283. The predicted molar refractivity (Wildman–Crippen MR) is 123 cm³/mol. The fraction of sp³-hybridized carbons (Fsp3) is 0.280. The first-order chi connectivity index (χ1) is 15.2. The molecule has 0 bridgehead atoms. The summed E-state index contributed by atoms with van der Waals surface area (Å²) >= 11 is 1.86. The smallest absolute Gasteiger partial charge is 0.330 e. The number of allylic oxidation sites excluding steroid dienone is 2. The molecule has 160 valence electrons. The molecule has 2 heterocycles. The number of carbonyl (C=O) groups excluding carboxylic acids is 2. The zero-order valence-corrected chi connectivity index (χ0v) is 18.3. The van der Waals surface area contributed by atoms with Crippen molar-refractivity contribution in [1.29, 1.82) is 0 Å².